The summed E-state index contributed by atoms with van der Waals surface area (Å²) < 4.78 is 0. The van der Waals surface area contributed by atoms with Gasteiger partial charge >= 0.3 is 0 Å². The number of aromatic nitrogens is 2. The fraction of sp³-hybridized carbons (Fsp3) is 0.667. The molecule has 1 unspecified atom stereocenters. The Morgan fingerprint density at radius 2 is 2.06 bits per heavy atom. The summed E-state index contributed by atoms with van der Waals surface area (Å²) >= 11 is 0. The van der Waals surface area contributed by atoms with E-state index in [9.17, 15) is 5.11 Å². The van der Waals surface area contributed by atoms with Crippen molar-refractivity contribution in [3.05, 3.63) is 17.5 Å². The lowest BCUT2D eigenvalue weighted by Crippen LogP contribution is -2.37. The van der Waals surface area contributed by atoms with E-state index in [2.05, 4.69) is 29.1 Å². The first-order valence-corrected chi connectivity index (χ1v) is 5.77. The maximum Gasteiger partial charge on any atom is 0.223 e. The molecule has 0 fully saturated rings. The topological polar surface area (TPSA) is 78.3 Å². The molecule has 1 rings (SSSR count). The molecule has 0 bridgehead atoms. The van der Waals surface area contributed by atoms with E-state index >= 15 is 0 Å². The number of nitrogens with one attached hydrogen (secondary N) is 1. The van der Waals surface area contributed by atoms with E-state index in [1.165, 1.54) is 0 Å². The van der Waals surface area contributed by atoms with Gasteiger partial charge in [-0.1, -0.05) is 13.8 Å². The predicted octanol–water partition coefficient (Wildman–Crippen LogP) is 1.06. The molecule has 17 heavy (non-hydrogen) atoms. The molecule has 0 aromatic carbocycles. The van der Waals surface area contributed by atoms with Gasteiger partial charge in [0.05, 0.1) is 6.61 Å². The first kappa shape index (κ1) is 13.9. The molecule has 5 heteroatoms. The molecule has 0 saturated heterocycles. The fourth-order valence-electron chi connectivity index (χ4n) is 1.29. The summed E-state index contributed by atoms with van der Waals surface area (Å²) in [5.41, 5.74) is 0.684. The van der Waals surface area contributed by atoms with Gasteiger partial charge in [-0.05, 0) is 25.8 Å². The van der Waals surface area contributed by atoms with Crippen molar-refractivity contribution in [2.75, 3.05) is 18.5 Å². The van der Waals surface area contributed by atoms with Crippen LogP contribution >= 0.6 is 0 Å². The lowest BCUT2D eigenvalue weighted by molar-refractivity contribution is 0.0131. The zero-order valence-corrected chi connectivity index (χ0v) is 10.9. The minimum absolute atomic E-state index is 0.213. The van der Waals surface area contributed by atoms with E-state index in [-0.39, 0.29) is 13.2 Å². The molecule has 5 nitrogen and oxygen atoms in total. The highest BCUT2D eigenvalue weighted by Gasteiger charge is 2.19. The monoisotopic (exact) mass is 239 g/mol. The smallest absolute Gasteiger partial charge is 0.223 e. The third-order valence-corrected chi connectivity index (χ3v) is 2.43. The Balaban J connectivity index is 2.78. The summed E-state index contributed by atoms with van der Waals surface area (Å²) in [4.78, 5) is 8.59. The molecule has 1 aromatic rings. The van der Waals surface area contributed by atoms with Crippen molar-refractivity contribution < 1.29 is 10.2 Å². The maximum atomic E-state index is 9.66. The second kappa shape index (κ2) is 5.42. The summed E-state index contributed by atoms with van der Waals surface area (Å²) in [5, 5.41) is 21.5. The van der Waals surface area contributed by atoms with E-state index in [1.807, 2.05) is 13.0 Å². The van der Waals surface area contributed by atoms with Gasteiger partial charge in [-0.3, -0.25) is 0 Å². The molecule has 1 aromatic heterocycles. The number of aryl methyl sites for hydroxylation is 1. The maximum absolute atomic E-state index is 9.66. The van der Waals surface area contributed by atoms with Crippen LogP contribution in [0.25, 0.3) is 0 Å². The lowest BCUT2D eigenvalue weighted by Gasteiger charge is -2.21. The fourth-order valence-corrected chi connectivity index (χ4v) is 1.29. The van der Waals surface area contributed by atoms with Crippen molar-refractivity contribution in [2.45, 2.75) is 39.2 Å². The van der Waals surface area contributed by atoms with Crippen LogP contribution in [0.3, 0.4) is 0 Å². The molecule has 3 N–H and O–H groups in total. The Labute approximate surface area is 102 Å². The van der Waals surface area contributed by atoms with Gasteiger partial charge in [-0.2, -0.15) is 0 Å². The Bertz CT molecular complexity index is 378. The van der Waals surface area contributed by atoms with Crippen LogP contribution in [0.15, 0.2) is 6.07 Å². The van der Waals surface area contributed by atoms with Gasteiger partial charge in [0.25, 0.3) is 0 Å². The van der Waals surface area contributed by atoms with Crippen molar-refractivity contribution in [1.29, 1.82) is 0 Å². The van der Waals surface area contributed by atoms with Crippen molar-refractivity contribution in [2.24, 2.45) is 0 Å². The summed E-state index contributed by atoms with van der Waals surface area (Å²) in [5.74, 6) is 0.818. The molecule has 0 radical (unpaired) electrons. The molecular weight excluding hydrogens is 218 g/mol. The van der Waals surface area contributed by atoms with Crippen LogP contribution in [0.2, 0.25) is 0 Å². The third kappa shape index (κ3) is 4.28. The van der Waals surface area contributed by atoms with Crippen molar-refractivity contribution in [3.8, 4) is 0 Å². The van der Waals surface area contributed by atoms with Gasteiger partial charge in [-0.25, -0.2) is 9.97 Å². The molecule has 1 heterocycles. The van der Waals surface area contributed by atoms with Crippen LogP contribution < -0.4 is 5.32 Å². The van der Waals surface area contributed by atoms with Crippen LogP contribution in [0.4, 0.5) is 5.95 Å². The first-order valence-electron chi connectivity index (χ1n) is 5.77. The van der Waals surface area contributed by atoms with Crippen LogP contribution in [0, 0.1) is 6.92 Å². The van der Waals surface area contributed by atoms with E-state index < -0.39 is 5.60 Å². The second-order valence-electron chi connectivity index (χ2n) is 4.92. The SMILES string of the molecule is Cc1cc(C(C)C)nc(NCC(C)(O)CO)n1. The minimum atomic E-state index is -1.16. The van der Waals surface area contributed by atoms with Crippen molar-refractivity contribution in [1.82, 2.24) is 9.97 Å². The Morgan fingerprint density at radius 3 is 2.59 bits per heavy atom. The second-order valence-corrected chi connectivity index (χ2v) is 4.92. The van der Waals surface area contributed by atoms with Gasteiger partial charge in [0.15, 0.2) is 0 Å². The summed E-state index contributed by atoms with van der Waals surface area (Å²) in [6, 6.07) is 1.94. The summed E-state index contributed by atoms with van der Waals surface area (Å²) in [6.07, 6.45) is 0. The van der Waals surface area contributed by atoms with Crippen LogP contribution in [0.1, 0.15) is 38.1 Å². The minimum Gasteiger partial charge on any atom is -0.393 e. The zero-order valence-electron chi connectivity index (χ0n) is 10.9. The highest BCUT2D eigenvalue weighted by molar-refractivity contribution is 5.29. The highest BCUT2D eigenvalue weighted by Crippen LogP contribution is 2.14. The van der Waals surface area contributed by atoms with Gasteiger partial charge < -0.3 is 15.5 Å². The molecule has 96 valence electrons. The molecule has 0 aliphatic carbocycles. The van der Waals surface area contributed by atoms with Gasteiger partial charge in [-0.15, -0.1) is 0 Å². The number of nitrogens with zero attached hydrogens (tertiary/aromatic N) is 2. The largest absolute Gasteiger partial charge is 0.393 e. The summed E-state index contributed by atoms with van der Waals surface area (Å²) in [7, 11) is 0. The van der Waals surface area contributed by atoms with Gasteiger partial charge in [0, 0.05) is 17.9 Å². The average Bonchev–Trinajstić information content (AvgIpc) is 2.26. The molecule has 0 saturated carbocycles. The Morgan fingerprint density at radius 1 is 1.41 bits per heavy atom. The molecule has 0 spiro atoms. The summed E-state index contributed by atoms with van der Waals surface area (Å²) in [6.45, 7) is 7.50. The van der Waals surface area contributed by atoms with E-state index in [1.54, 1.807) is 6.92 Å². The van der Waals surface area contributed by atoms with Crippen LogP contribution in [-0.2, 0) is 0 Å². The van der Waals surface area contributed by atoms with E-state index in [0.29, 0.717) is 11.9 Å². The normalized spacial score (nSPS) is 14.8. The number of aliphatic hydroxyl groups is 2. The van der Waals surface area contributed by atoms with E-state index in [0.717, 1.165) is 11.4 Å². The van der Waals surface area contributed by atoms with Crippen molar-refractivity contribution in [3.63, 3.8) is 0 Å². The lowest BCUT2D eigenvalue weighted by atomic mass is 10.1. The van der Waals surface area contributed by atoms with Gasteiger partial charge in [0.1, 0.15) is 5.60 Å². The molecule has 0 aliphatic heterocycles. The molecule has 1 atom stereocenters. The highest BCUT2D eigenvalue weighted by atomic mass is 16.3. The van der Waals surface area contributed by atoms with Crippen LogP contribution in [0.5, 0.6) is 0 Å². The zero-order chi connectivity index (χ0) is 13.1. The number of anilines is 1. The quantitative estimate of drug-likeness (QED) is 0.716. The number of hydrogen-bond acceptors (Lipinski definition) is 5. The number of aliphatic hydroxyl groups excluding tert-OH is 1. The van der Waals surface area contributed by atoms with Gasteiger partial charge in [0.2, 0.25) is 5.95 Å². The van der Waals surface area contributed by atoms with E-state index in [4.69, 9.17) is 5.11 Å². The van der Waals surface area contributed by atoms with Crippen LogP contribution in [-0.4, -0.2) is 38.9 Å². The molecular formula is C12H21N3O2. The number of hydrogen-bond donors (Lipinski definition) is 3. The number of rotatable bonds is 5. The molecule has 0 amide bonds. The molecule has 0 aliphatic rings. The predicted molar refractivity (Wildman–Crippen MR) is 67.1 cm³/mol. The third-order valence-electron chi connectivity index (χ3n) is 2.43. The van der Waals surface area contributed by atoms with Crippen molar-refractivity contribution >= 4 is 5.95 Å². The Hall–Kier alpha value is -1.20. The first-order chi connectivity index (χ1) is 7.84. The Kier molecular flexibility index (Phi) is 4.42. The average molecular weight is 239 g/mol. The standard InChI is InChI=1S/C12H21N3O2/c1-8(2)10-5-9(3)14-11(15-10)13-6-12(4,17)7-16/h5,8,16-17H,6-7H2,1-4H3,(H,13,14,15).